The largest absolute Gasteiger partial charge is 0.478 e. The molecular formula is C16H17N5O3. The maximum Gasteiger partial charge on any atom is 0.339 e. The van der Waals surface area contributed by atoms with Crippen LogP contribution in [0.1, 0.15) is 34.2 Å². The Labute approximate surface area is 137 Å². The van der Waals surface area contributed by atoms with Crippen LogP contribution in [0.25, 0.3) is 11.0 Å². The van der Waals surface area contributed by atoms with Crippen molar-refractivity contribution in [3.8, 4) is 0 Å². The van der Waals surface area contributed by atoms with Crippen molar-refractivity contribution < 1.29 is 14.7 Å². The molecule has 1 aromatic carbocycles. The second kappa shape index (κ2) is 6.15. The molecule has 8 heteroatoms. The van der Waals surface area contributed by atoms with E-state index < -0.39 is 11.9 Å². The predicted octanol–water partition coefficient (Wildman–Crippen LogP) is 2.13. The van der Waals surface area contributed by atoms with Crippen molar-refractivity contribution in [1.29, 1.82) is 0 Å². The van der Waals surface area contributed by atoms with E-state index in [4.69, 9.17) is 0 Å². The smallest absolute Gasteiger partial charge is 0.339 e. The van der Waals surface area contributed by atoms with Crippen molar-refractivity contribution in [1.82, 2.24) is 19.3 Å². The molecule has 0 aliphatic heterocycles. The molecule has 2 heterocycles. The minimum Gasteiger partial charge on any atom is -0.478 e. The summed E-state index contributed by atoms with van der Waals surface area (Å²) in [7, 11) is 1.57. The van der Waals surface area contributed by atoms with Crippen molar-refractivity contribution in [2.75, 3.05) is 5.32 Å². The van der Waals surface area contributed by atoms with Gasteiger partial charge in [0.1, 0.15) is 5.56 Å². The first kappa shape index (κ1) is 15.7. The Hall–Kier alpha value is -3.16. The first-order chi connectivity index (χ1) is 11.5. The van der Waals surface area contributed by atoms with Gasteiger partial charge in [0, 0.05) is 19.8 Å². The van der Waals surface area contributed by atoms with Gasteiger partial charge in [-0.25, -0.2) is 9.78 Å². The molecule has 0 spiro atoms. The molecule has 24 heavy (non-hydrogen) atoms. The Morgan fingerprint density at radius 1 is 1.29 bits per heavy atom. The van der Waals surface area contributed by atoms with Crippen LogP contribution < -0.4 is 5.32 Å². The highest BCUT2D eigenvalue weighted by atomic mass is 16.4. The Morgan fingerprint density at radius 2 is 2.04 bits per heavy atom. The summed E-state index contributed by atoms with van der Waals surface area (Å²) in [5, 5.41) is 15.8. The van der Waals surface area contributed by atoms with Crippen LogP contribution >= 0.6 is 0 Å². The highest BCUT2D eigenvalue weighted by Crippen LogP contribution is 2.21. The molecule has 3 aromatic rings. The zero-order valence-corrected chi connectivity index (χ0v) is 13.4. The lowest BCUT2D eigenvalue weighted by molar-refractivity contribution is 0.0692. The predicted molar refractivity (Wildman–Crippen MR) is 88.1 cm³/mol. The van der Waals surface area contributed by atoms with Crippen LogP contribution in [0.4, 0.5) is 5.95 Å². The third-order valence-corrected chi connectivity index (χ3v) is 3.60. The van der Waals surface area contributed by atoms with E-state index in [1.807, 2.05) is 35.8 Å². The number of carboxylic acids is 1. The van der Waals surface area contributed by atoms with Crippen molar-refractivity contribution in [3.05, 3.63) is 41.7 Å². The molecule has 0 saturated carbocycles. The van der Waals surface area contributed by atoms with Crippen LogP contribution in [0.3, 0.4) is 0 Å². The summed E-state index contributed by atoms with van der Waals surface area (Å²) >= 11 is 0. The molecule has 2 N–H and O–H groups in total. The van der Waals surface area contributed by atoms with Crippen LogP contribution in [0.5, 0.6) is 0 Å². The van der Waals surface area contributed by atoms with E-state index in [-0.39, 0.29) is 11.3 Å². The van der Waals surface area contributed by atoms with Gasteiger partial charge in [-0.1, -0.05) is 19.1 Å². The molecule has 8 nitrogen and oxygen atoms in total. The summed E-state index contributed by atoms with van der Waals surface area (Å²) in [6.07, 6.45) is 2.17. The molecule has 3 rings (SSSR count). The molecule has 124 valence electrons. The molecule has 0 unspecified atom stereocenters. The maximum absolute atomic E-state index is 12.5. The van der Waals surface area contributed by atoms with E-state index in [0.717, 1.165) is 17.5 Å². The number of fused-ring (bicyclic) bond motifs is 1. The fraction of sp³-hybridized carbons (Fsp3) is 0.250. The lowest BCUT2D eigenvalue weighted by atomic mass is 10.2. The third-order valence-electron chi connectivity index (χ3n) is 3.60. The number of para-hydroxylation sites is 2. The fourth-order valence-corrected chi connectivity index (χ4v) is 2.59. The number of benzene rings is 1. The number of anilines is 1. The molecule has 0 bridgehead atoms. The molecule has 0 aliphatic rings. The van der Waals surface area contributed by atoms with E-state index in [9.17, 15) is 14.7 Å². The quantitative estimate of drug-likeness (QED) is 0.747. The number of aromatic carboxylic acids is 1. The average Bonchev–Trinajstić information content (AvgIpc) is 3.09. The fourth-order valence-electron chi connectivity index (χ4n) is 2.59. The maximum atomic E-state index is 12.5. The summed E-state index contributed by atoms with van der Waals surface area (Å²) in [5.41, 5.74) is 1.39. The van der Waals surface area contributed by atoms with E-state index in [1.165, 1.54) is 10.9 Å². The van der Waals surface area contributed by atoms with Gasteiger partial charge in [0.25, 0.3) is 5.91 Å². The van der Waals surface area contributed by atoms with E-state index >= 15 is 0 Å². The van der Waals surface area contributed by atoms with Crippen LogP contribution in [0, 0.1) is 0 Å². The summed E-state index contributed by atoms with van der Waals surface area (Å²) < 4.78 is 3.20. The topological polar surface area (TPSA) is 102 Å². The second-order valence-corrected chi connectivity index (χ2v) is 5.40. The zero-order chi connectivity index (χ0) is 17.3. The van der Waals surface area contributed by atoms with Crippen LogP contribution in [0.15, 0.2) is 30.5 Å². The number of nitrogens with zero attached hydrogens (tertiary/aromatic N) is 4. The summed E-state index contributed by atoms with van der Waals surface area (Å²) in [4.78, 5) is 28.2. The molecule has 0 atom stereocenters. The number of hydrogen-bond acceptors (Lipinski definition) is 4. The summed E-state index contributed by atoms with van der Waals surface area (Å²) in [6, 6.07) is 7.57. The number of carbonyl (C=O) groups is 2. The number of rotatable bonds is 5. The number of carbonyl (C=O) groups excluding carboxylic acids is 1. The van der Waals surface area contributed by atoms with Crippen LogP contribution in [-0.4, -0.2) is 36.3 Å². The van der Waals surface area contributed by atoms with Gasteiger partial charge >= 0.3 is 5.97 Å². The van der Waals surface area contributed by atoms with Gasteiger partial charge in [0.05, 0.1) is 11.0 Å². The lowest BCUT2D eigenvalue weighted by Crippen LogP contribution is -2.19. The first-order valence-corrected chi connectivity index (χ1v) is 7.54. The zero-order valence-electron chi connectivity index (χ0n) is 13.4. The van der Waals surface area contributed by atoms with E-state index in [0.29, 0.717) is 12.5 Å². The number of aromatic nitrogens is 4. The molecule has 0 aliphatic carbocycles. The van der Waals surface area contributed by atoms with Gasteiger partial charge in [0.2, 0.25) is 5.95 Å². The number of hydrogen-bond donors (Lipinski definition) is 2. The lowest BCUT2D eigenvalue weighted by Gasteiger charge is -2.08. The van der Waals surface area contributed by atoms with Crippen molar-refractivity contribution in [2.45, 2.75) is 19.9 Å². The molecule has 2 aromatic heterocycles. The minimum atomic E-state index is -1.20. The Kier molecular flexibility index (Phi) is 4.03. The summed E-state index contributed by atoms with van der Waals surface area (Å²) in [6.45, 7) is 2.71. The molecule has 0 fully saturated rings. The van der Waals surface area contributed by atoms with Crippen molar-refractivity contribution in [3.63, 3.8) is 0 Å². The second-order valence-electron chi connectivity index (χ2n) is 5.40. The highest BCUT2D eigenvalue weighted by Gasteiger charge is 2.23. The average molecular weight is 327 g/mol. The number of nitrogens with one attached hydrogen (secondary N) is 1. The Bertz CT molecular complexity index is 925. The number of aryl methyl sites for hydroxylation is 2. The van der Waals surface area contributed by atoms with Crippen LogP contribution in [0.2, 0.25) is 0 Å². The van der Waals surface area contributed by atoms with E-state index in [2.05, 4.69) is 15.4 Å². The highest BCUT2D eigenvalue weighted by molar-refractivity contribution is 6.09. The monoisotopic (exact) mass is 327 g/mol. The minimum absolute atomic E-state index is 0.139. The van der Waals surface area contributed by atoms with Crippen LogP contribution in [-0.2, 0) is 13.6 Å². The number of carboxylic acid groups (broad SMARTS) is 1. The van der Waals surface area contributed by atoms with Gasteiger partial charge < -0.3 is 9.67 Å². The molecular weight excluding hydrogens is 310 g/mol. The van der Waals surface area contributed by atoms with Crippen molar-refractivity contribution in [2.24, 2.45) is 7.05 Å². The number of imidazole rings is 1. The standard InChI is InChI=1S/C16H17N5O3/c1-3-8-21-12-7-5-4-6-11(12)17-16(21)18-14(22)13-10(15(23)24)9-20(2)19-13/h4-7,9H,3,8H2,1-2H3,(H,23,24)(H,17,18,22). The summed E-state index contributed by atoms with van der Waals surface area (Å²) in [5.74, 6) is -1.42. The van der Waals surface area contributed by atoms with Gasteiger partial charge in [-0.2, -0.15) is 5.10 Å². The van der Waals surface area contributed by atoms with Gasteiger partial charge in [-0.3, -0.25) is 14.8 Å². The Balaban J connectivity index is 1.99. The van der Waals surface area contributed by atoms with Gasteiger partial charge in [-0.05, 0) is 18.6 Å². The van der Waals surface area contributed by atoms with Crippen molar-refractivity contribution >= 4 is 28.9 Å². The first-order valence-electron chi connectivity index (χ1n) is 7.54. The third kappa shape index (κ3) is 2.73. The number of amides is 1. The van der Waals surface area contributed by atoms with E-state index in [1.54, 1.807) is 7.05 Å². The van der Waals surface area contributed by atoms with Gasteiger partial charge in [0.15, 0.2) is 5.69 Å². The SMILES string of the molecule is CCCn1c(NC(=O)c2nn(C)cc2C(=O)O)nc2ccccc21. The molecule has 0 radical (unpaired) electrons. The molecule has 1 amide bonds. The Morgan fingerprint density at radius 3 is 2.75 bits per heavy atom. The van der Waals surface area contributed by atoms with Gasteiger partial charge in [-0.15, -0.1) is 0 Å². The normalized spacial score (nSPS) is 10.9. The molecule has 0 saturated heterocycles.